The zero-order valence-corrected chi connectivity index (χ0v) is 13.2. The Morgan fingerprint density at radius 2 is 1.60 bits per heavy atom. The SMILES string of the molecule is CCB(CC)C(=CC(C)(C)C)[Si](C)(C)Cl. The first-order valence-corrected chi connectivity index (χ1v) is 10.0. The van der Waals surface area contributed by atoms with E-state index in [1.165, 1.54) is 12.6 Å². The van der Waals surface area contributed by atoms with E-state index in [1.54, 1.807) is 5.10 Å². The van der Waals surface area contributed by atoms with Gasteiger partial charge in [0.25, 0.3) is 0 Å². The summed E-state index contributed by atoms with van der Waals surface area (Å²) in [5.41, 5.74) is 0.247. The summed E-state index contributed by atoms with van der Waals surface area (Å²) < 4.78 is 0. The molecule has 0 rings (SSSR count). The smallest absolute Gasteiger partial charge is 0.163 e. The van der Waals surface area contributed by atoms with E-state index >= 15 is 0 Å². The summed E-state index contributed by atoms with van der Waals surface area (Å²) in [4.78, 5) is 0. The lowest BCUT2D eigenvalue weighted by Gasteiger charge is -2.27. The molecule has 15 heavy (non-hydrogen) atoms. The van der Waals surface area contributed by atoms with Gasteiger partial charge in [0, 0.05) is 0 Å². The van der Waals surface area contributed by atoms with Crippen LogP contribution in [0, 0.1) is 5.41 Å². The maximum atomic E-state index is 6.63. The van der Waals surface area contributed by atoms with Crippen molar-refractivity contribution in [1.82, 2.24) is 0 Å². The van der Waals surface area contributed by atoms with Crippen molar-refractivity contribution in [3.05, 3.63) is 11.2 Å². The van der Waals surface area contributed by atoms with Crippen LogP contribution in [-0.2, 0) is 0 Å². The monoisotopic (exact) mass is 244 g/mol. The predicted molar refractivity (Wildman–Crippen MR) is 77.6 cm³/mol. The van der Waals surface area contributed by atoms with Crippen LogP contribution in [0.1, 0.15) is 34.6 Å². The average molecular weight is 245 g/mol. The van der Waals surface area contributed by atoms with Crippen molar-refractivity contribution in [2.24, 2.45) is 5.41 Å². The van der Waals surface area contributed by atoms with E-state index in [0.717, 1.165) is 0 Å². The quantitative estimate of drug-likeness (QED) is 0.481. The molecule has 3 heteroatoms. The molecule has 0 heterocycles. The first-order chi connectivity index (χ1) is 6.61. The Morgan fingerprint density at radius 1 is 1.20 bits per heavy atom. The Labute approximate surface area is 102 Å². The van der Waals surface area contributed by atoms with Gasteiger partial charge in [-0.3, -0.25) is 0 Å². The van der Waals surface area contributed by atoms with Crippen molar-refractivity contribution >= 4 is 25.2 Å². The van der Waals surface area contributed by atoms with Gasteiger partial charge in [-0.2, -0.15) is 11.1 Å². The van der Waals surface area contributed by atoms with E-state index in [2.05, 4.69) is 53.8 Å². The van der Waals surface area contributed by atoms with Crippen molar-refractivity contribution in [2.75, 3.05) is 0 Å². The van der Waals surface area contributed by atoms with Crippen molar-refractivity contribution in [1.29, 1.82) is 0 Å². The third-order valence-corrected chi connectivity index (χ3v) is 5.28. The van der Waals surface area contributed by atoms with Crippen molar-refractivity contribution in [3.63, 3.8) is 0 Å². The highest BCUT2D eigenvalue weighted by Gasteiger charge is 2.31. The van der Waals surface area contributed by atoms with Gasteiger partial charge in [-0.1, -0.05) is 71.5 Å². The van der Waals surface area contributed by atoms with Crippen LogP contribution in [0.3, 0.4) is 0 Å². The van der Waals surface area contributed by atoms with Crippen LogP contribution >= 0.6 is 11.1 Å². The molecule has 0 unspecified atom stereocenters. The van der Waals surface area contributed by atoms with E-state index in [1.807, 2.05) is 0 Å². The largest absolute Gasteiger partial charge is 0.168 e. The Morgan fingerprint density at radius 3 is 1.80 bits per heavy atom. The van der Waals surface area contributed by atoms with Gasteiger partial charge < -0.3 is 0 Å². The van der Waals surface area contributed by atoms with E-state index in [4.69, 9.17) is 11.1 Å². The summed E-state index contributed by atoms with van der Waals surface area (Å²) in [6, 6.07) is 0. The maximum Gasteiger partial charge on any atom is 0.168 e. The first-order valence-electron chi connectivity index (χ1n) is 6.04. The molecule has 0 aliphatic rings. The molecule has 0 radical (unpaired) electrons. The normalized spacial score (nSPS) is 14.3. The Kier molecular flexibility index (Phi) is 5.70. The van der Waals surface area contributed by atoms with Gasteiger partial charge in [-0.25, -0.2) is 0 Å². The molecule has 0 aromatic carbocycles. The molecule has 0 nitrogen and oxygen atoms in total. The lowest BCUT2D eigenvalue weighted by molar-refractivity contribution is 0.543. The molecule has 0 amide bonds. The number of hydrogen-bond donors (Lipinski definition) is 0. The molecule has 0 aromatic heterocycles. The van der Waals surface area contributed by atoms with Crippen LogP contribution in [0.25, 0.3) is 0 Å². The van der Waals surface area contributed by atoms with Gasteiger partial charge in [0.1, 0.15) is 0 Å². The fourth-order valence-electron chi connectivity index (χ4n) is 1.97. The summed E-state index contributed by atoms with van der Waals surface area (Å²) in [5, 5.41) is 1.54. The molecular formula is C12H26BClSi. The molecule has 0 atom stereocenters. The summed E-state index contributed by atoms with van der Waals surface area (Å²) in [6.07, 6.45) is 4.84. The summed E-state index contributed by atoms with van der Waals surface area (Å²) >= 11 is 6.63. The molecular weight excluding hydrogens is 218 g/mol. The van der Waals surface area contributed by atoms with Crippen molar-refractivity contribution in [3.8, 4) is 0 Å². The summed E-state index contributed by atoms with van der Waals surface area (Å²) in [7, 11) is -1.67. The zero-order chi connectivity index (χ0) is 12.3. The minimum atomic E-state index is -1.67. The second kappa shape index (κ2) is 5.58. The number of rotatable bonds is 4. The first kappa shape index (κ1) is 15.3. The standard InChI is InChI=1S/C12H26BClSi/c1-8-13(9-2)11(15(6,7)14)10-12(3,4)5/h10H,8-9H2,1-7H3. The molecule has 0 saturated heterocycles. The average Bonchev–Trinajstić information content (AvgIpc) is 2.01. The van der Waals surface area contributed by atoms with Crippen molar-refractivity contribution < 1.29 is 0 Å². The van der Waals surface area contributed by atoms with Gasteiger partial charge in [0.2, 0.25) is 0 Å². The molecule has 0 aliphatic heterocycles. The molecule has 0 fully saturated rings. The van der Waals surface area contributed by atoms with Crippen LogP contribution in [0.5, 0.6) is 0 Å². The van der Waals surface area contributed by atoms with E-state index < -0.39 is 7.38 Å². The summed E-state index contributed by atoms with van der Waals surface area (Å²) in [6.45, 7) is 16.5. The number of allylic oxidation sites excluding steroid dienone is 1. The fourth-order valence-corrected chi connectivity index (χ4v) is 4.75. The van der Waals surface area contributed by atoms with Gasteiger partial charge in [0.15, 0.2) is 14.1 Å². The van der Waals surface area contributed by atoms with Gasteiger partial charge >= 0.3 is 0 Å². The third-order valence-electron chi connectivity index (χ3n) is 2.70. The Bertz CT molecular complexity index is 219. The molecule has 0 aliphatic carbocycles. The lowest BCUT2D eigenvalue weighted by Crippen LogP contribution is -2.33. The Balaban J connectivity index is 5.15. The summed E-state index contributed by atoms with van der Waals surface area (Å²) in [5.74, 6) is 0. The highest BCUT2D eigenvalue weighted by atomic mass is 35.6. The van der Waals surface area contributed by atoms with Gasteiger partial charge in [-0.05, 0) is 5.41 Å². The minimum absolute atomic E-state index is 0.247. The maximum absolute atomic E-state index is 6.63. The van der Waals surface area contributed by atoms with Gasteiger partial charge in [0.05, 0.1) is 0 Å². The topological polar surface area (TPSA) is 0 Å². The predicted octanol–water partition coefficient (Wildman–Crippen LogP) is 5.02. The van der Waals surface area contributed by atoms with Crippen LogP contribution in [0.4, 0.5) is 0 Å². The molecule has 0 saturated carbocycles. The highest BCUT2D eigenvalue weighted by Crippen LogP contribution is 2.30. The van der Waals surface area contributed by atoms with Crippen LogP contribution in [0.2, 0.25) is 25.7 Å². The lowest BCUT2D eigenvalue weighted by atomic mass is 9.45. The minimum Gasteiger partial charge on any atom is -0.163 e. The van der Waals surface area contributed by atoms with Gasteiger partial charge in [-0.15, -0.1) is 0 Å². The molecule has 88 valence electrons. The zero-order valence-electron chi connectivity index (χ0n) is 11.4. The second-order valence-corrected chi connectivity index (χ2v) is 12.3. The number of hydrogen-bond acceptors (Lipinski definition) is 0. The third kappa shape index (κ3) is 5.82. The molecule has 0 bridgehead atoms. The second-order valence-electron chi connectivity index (χ2n) is 5.95. The van der Waals surface area contributed by atoms with E-state index in [0.29, 0.717) is 6.71 Å². The van der Waals surface area contributed by atoms with E-state index in [-0.39, 0.29) is 5.41 Å². The van der Waals surface area contributed by atoms with E-state index in [9.17, 15) is 0 Å². The van der Waals surface area contributed by atoms with Crippen LogP contribution < -0.4 is 0 Å². The van der Waals surface area contributed by atoms with Crippen LogP contribution in [-0.4, -0.2) is 14.1 Å². The highest BCUT2D eigenvalue weighted by molar-refractivity contribution is 7.27. The van der Waals surface area contributed by atoms with Crippen molar-refractivity contribution in [2.45, 2.75) is 60.4 Å². The van der Waals surface area contributed by atoms with Crippen LogP contribution in [0.15, 0.2) is 11.2 Å². The molecule has 0 spiro atoms. The molecule has 0 aromatic rings. The fraction of sp³-hybridized carbons (Fsp3) is 0.833. The Hall–Kier alpha value is 0.312. The number of halogens is 1. The molecule has 0 N–H and O–H groups in total.